The third-order valence-corrected chi connectivity index (χ3v) is 6.29. The Balaban J connectivity index is 1.38. The molecule has 1 aliphatic rings. The summed E-state index contributed by atoms with van der Waals surface area (Å²) in [6.07, 6.45) is 4.35. The maximum Gasteiger partial charge on any atom is 0.303 e. The van der Waals surface area contributed by atoms with Gasteiger partial charge in [0.2, 0.25) is 0 Å². The molecule has 2 N–H and O–H groups in total. The minimum atomic E-state index is -0.737. The largest absolute Gasteiger partial charge is 0.481 e. The molecule has 0 bridgehead atoms. The summed E-state index contributed by atoms with van der Waals surface area (Å²) >= 11 is 0. The van der Waals surface area contributed by atoms with Gasteiger partial charge in [-0.1, -0.05) is 66.7 Å². The Kier molecular flexibility index (Phi) is 5.96. The molecule has 1 unspecified atom stereocenters. The van der Waals surface area contributed by atoms with Crippen LogP contribution in [0.2, 0.25) is 0 Å². The number of carbonyl (C=O) groups is 1. The molecule has 3 aromatic carbocycles. The second kappa shape index (κ2) is 8.79. The van der Waals surface area contributed by atoms with Gasteiger partial charge in [-0.05, 0) is 66.0 Å². The van der Waals surface area contributed by atoms with Crippen molar-refractivity contribution < 1.29 is 9.90 Å². The molecular formula is C26H29NO2. The van der Waals surface area contributed by atoms with Crippen molar-refractivity contribution >= 4 is 16.7 Å². The Morgan fingerprint density at radius 1 is 1.03 bits per heavy atom. The van der Waals surface area contributed by atoms with Crippen LogP contribution in [-0.2, 0) is 11.2 Å². The van der Waals surface area contributed by atoms with E-state index in [0.29, 0.717) is 24.4 Å². The predicted molar refractivity (Wildman–Crippen MR) is 118 cm³/mol. The van der Waals surface area contributed by atoms with E-state index in [1.165, 1.54) is 34.7 Å². The highest BCUT2D eigenvalue weighted by Gasteiger charge is 2.27. The number of benzene rings is 3. The van der Waals surface area contributed by atoms with Crippen molar-refractivity contribution in [3.05, 3.63) is 83.4 Å². The van der Waals surface area contributed by atoms with Gasteiger partial charge in [0.05, 0.1) is 0 Å². The van der Waals surface area contributed by atoms with E-state index in [4.69, 9.17) is 5.11 Å². The Morgan fingerprint density at radius 2 is 1.79 bits per heavy atom. The van der Waals surface area contributed by atoms with Crippen molar-refractivity contribution in [1.82, 2.24) is 5.32 Å². The molecule has 3 atom stereocenters. The maximum absolute atomic E-state index is 10.7. The number of carboxylic acids is 1. The summed E-state index contributed by atoms with van der Waals surface area (Å²) in [6.45, 7) is 2.27. The van der Waals surface area contributed by atoms with E-state index in [-0.39, 0.29) is 6.42 Å². The SMILES string of the molecule is C[C@@H](NC1CC[C@@H](c2ccc(CCC(=O)O)cc2)C1)c1cccc2ccccc12. The Hall–Kier alpha value is -2.65. The summed E-state index contributed by atoms with van der Waals surface area (Å²) in [4.78, 5) is 10.7. The molecule has 29 heavy (non-hydrogen) atoms. The lowest BCUT2D eigenvalue weighted by Gasteiger charge is -2.21. The van der Waals surface area contributed by atoms with E-state index in [0.717, 1.165) is 12.0 Å². The monoisotopic (exact) mass is 387 g/mol. The first-order valence-electron chi connectivity index (χ1n) is 10.6. The average molecular weight is 388 g/mol. The molecule has 0 radical (unpaired) electrons. The van der Waals surface area contributed by atoms with Gasteiger partial charge in [-0.3, -0.25) is 4.79 Å². The number of hydrogen-bond donors (Lipinski definition) is 2. The van der Waals surface area contributed by atoms with Crippen molar-refractivity contribution in [2.75, 3.05) is 0 Å². The van der Waals surface area contributed by atoms with Gasteiger partial charge in [0.15, 0.2) is 0 Å². The molecule has 3 heteroatoms. The van der Waals surface area contributed by atoms with Gasteiger partial charge in [0.25, 0.3) is 0 Å². The van der Waals surface area contributed by atoms with Crippen LogP contribution in [0, 0.1) is 0 Å². The number of nitrogens with one attached hydrogen (secondary N) is 1. The molecule has 0 amide bonds. The van der Waals surface area contributed by atoms with E-state index in [1.54, 1.807) is 0 Å². The third-order valence-electron chi connectivity index (χ3n) is 6.29. The summed E-state index contributed by atoms with van der Waals surface area (Å²) in [5, 5.41) is 15.3. The lowest BCUT2D eigenvalue weighted by atomic mass is 9.95. The van der Waals surface area contributed by atoms with Gasteiger partial charge in [-0.2, -0.15) is 0 Å². The lowest BCUT2D eigenvalue weighted by molar-refractivity contribution is -0.136. The molecule has 0 spiro atoms. The molecule has 0 aliphatic heterocycles. The van der Waals surface area contributed by atoms with Crippen molar-refractivity contribution in [1.29, 1.82) is 0 Å². The first-order chi connectivity index (χ1) is 14.1. The van der Waals surface area contributed by atoms with E-state index in [9.17, 15) is 4.79 Å². The minimum absolute atomic E-state index is 0.195. The molecule has 150 valence electrons. The summed E-state index contributed by atoms with van der Waals surface area (Å²) in [6, 6.07) is 24.6. The van der Waals surface area contributed by atoms with Gasteiger partial charge in [0.1, 0.15) is 0 Å². The Morgan fingerprint density at radius 3 is 2.59 bits per heavy atom. The van der Waals surface area contributed by atoms with Crippen LogP contribution in [0.1, 0.15) is 61.3 Å². The zero-order valence-corrected chi connectivity index (χ0v) is 17.0. The highest BCUT2D eigenvalue weighted by atomic mass is 16.4. The minimum Gasteiger partial charge on any atom is -0.481 e. The van der Waals surface area contributed by atoms with Crippen LogP contribution in [0.4, 0.5) is 0 Å². The second-order valence-electron chi connectivity index (χ2n) is 8.30. The molecule has 0 saturated heterocycles. The Bertz CT molecular complexity index is 974. The summed E-state index contributed by atoms with van der Waals surface area (Å²) in [7, 11) is 0. The lowest BCUT2D eigenvalue weighted by Crippen LogP contribution is -2.29. The standard InChI is InChI=1S/C26H29NO2/c1-18(24-8-4-6-21-5-2-3-7-25(21)24)27-23-15-14-22(17-23)20-12-9-19(10-13-20)11-16-26(28)29/h2-10,12-13,18,22-23,27H,11,14-17H2,1H3,(H,28,29)/t18-,22-,23?/m1/s1. The Labute approximate surface area is 172 Å². The smallest absolute Gasteiger partial charge is 0.303 e. The molecule has 0 aromatic heterocycles. The molecule has 3 aromatic rings. The van der Waals surface area contributed by atoms with Gasteiger partial charge in [0, 0.05) is 18.5 Å². The number of hydrogen-bond acceptors (Lipinski definition) is 2. The fourth-order valence-corrected chi connectivity index (χ4v) is 4.71. The van der Waals surface area contributed by atoms with Crippen molar-refractivity contribution in [3.8, 4) is 0 Å². The fourth-order valence-electron chi connectivity index (χ4n) is 4.71. The van der Waals surface area contributed by atoms with Gasteiger partial charge in [-0.25, -0.2) is 0 Å². The maximum atomic E-state index is 10.7. The first-order valence-corrected chi connectivity index (χ1v) is 10.6. The number of aryl methyl sites for hydroxylation is 1. The normalized spacial score (nSPS) is 20.0. The van der Waals surface area contributed by atoms with E-state index < -0.39 is 5.97 Å². The number of aliphatic carboxylic acids is 1. The molecule has 1 fully saturated rings. The molecule has 1 aliphatic carbocycles. The predicted octanol–water partition coefficient (Wildman–Crippen LogP) is 5.84. The molecular weight excluding hydrogens is 358 g/mol. The van der Waals surface area contributed by atoms with Crippen LogP contribution in [-0.4, -0.2) is 17.1 Å². The molecule has 3 nitrogen and oxygen atoms in total. The van der Waals surface area contributed by atoms with Crippen molar-refractivity contribution in [3.63, 3.8) is 0 Å². The van der Waals surface area contributed by atoms with Gasteiger partial charge >= 0.3 is 5.97 Å². The van der Waals surface area contributed by atoms with Gasteiger partial charge in [-0.15, -0.1) is 0 Å². The fraction of sp³-hybridized carbons (Fsp3) is 0.346. The highest BCUT2D eigenvalue weighted by Crippen LogP contribution is 2.36. The third kappa shape index (κ3) is 4.68. The van der Waals surface area contributed by atoms with E-state index >= 15 is 0 Å². The van der Waals surface area contributed by atoms with E-state index in [1.807, 2.05) is 0 Å². The zero-order valence-electron chi connectivity index (χ0n) is 17.0. The second-order valence-corrected chi connectivity index (χ2v) is 8.30. The average Bonchev–Trinajstić information content (AvgIpc) is 3.20. The quantitative estimate of drug-likeness (QED) is 0.535. The topological polar surface area (TPSA) is 49.3 Å². The molecule has 0 heterocycles. The summed E-state index contributed by atoms with van der Waals surface area (Å²) in [5.74, 6) is -0.153. The van der Waals surface area contributed by atoms with Crippen molar-refractivity contribution in [2.24, 2.45) is 0 Å². The molecule has 1 saturated carbocycles. The van der Waals surface area contributed by atoms with Crippen LogP contribution in [0.15, 0.2) is 66.7 Å². The van der Waals surface area contributed by atoms with Crippen LogP contribution in [0.3, 0.4) is 0 Å². The number of rotatable bonds is 7. The van der Waals surface area contributed by atoms with Crippen LogP contribution >= 0.6 is 0 Å². The summed E-state index contributed by atoms with van der Waals surface area (Å²) in [5.41, 5.74) is 3.86. The number of carboxylic acid groups (broad SMARTS) is 1. The van der Waals surface area contributed by atoms with Crippen LogP contribution < -0.4 is 5.32 Å². The zero-order chi connectivity index (χ0) is 20.2. The van der Waals surface area contributed by atoms with Crippen molar-refractivity contribution in [2.45, 2.75) is 57.0 Å². The highest BCUT2D eigenvalue weighted by molar-refractivity contribution is 5.86. The van der Waals surface area contributed by atoms with Crippen LogP contribution in [0.25, 0.3) is 10.8 Å². The van der Waals surface area contributed by atoms with Crippen LogP contribution in [0.5, 0.6) is 0 Å². The first kappa shape index (κ1) is 19.7. The van der Waals surface area contributed by atoms with E-state index in [2.05, 4.69) is 79.0 Å². The summed E-state index contributed by atoms with van der Waals surface area (Å²) < 4.78 is 0. The number of fused-ring (bicyclic) bond motifs is 1. The molecule has 4 rings (SSSR count). The van der Waals surface area contributed by atoms with Gasteiger partial charge < -0.3 is 10.4 Å².